The van der Waals surface area contributed by atoms with Gasteiger partial charge in [-0.3, -0.25) is 4.79 Å². The van der Waals surface area contributed by atoms with Crippen molar-refractivity contribution < 1.29 is 9.53 Å². The second kappa shape index (κ2) is 6.60. The summed E-state index contributed by atoms with van der Waals surface area (Å²) in [6, 6.07) is 5.30. The molecule has 0 bridgehead atoms. The lowest BCUT2D eigenvalue weighted by atomic mass is 10.1. The average Bonchev–Trinajstić information content (AvgIpc) is 2.61. The van der Waals surface area contributed by atoms with Gasteiger partial charge in [-0.25, -0.2) is 0 Å². The Morgan fingerprint density at radius 1 is 1.43 bits per heavy atom. The highest BCUT2D eigenvalue weighted by atomic mass is 32.2. The van der Waals surface area contributed by atoms with Gasteiger partial charge in [0.2, 0.25) is 0 Å². The van der Waals surface area contributed by atoms with E-state index in [1.807, 2.05) is 23.6 Å². The Morgan fingerprint density at radius 3 is 2.86 bits per heavy atom. The molecule has 5 heteroatoms. The molecule has 1 fully saturated rings. The number of thioether (sulfide) groups is 1. The zero-order chi connectivity index (χ0) is 15.5. The third-order valence-corrected chi connectivity index (χ3v) is 5.05. The monoisotopic (exact) mass is 308 g/mol. The van der Waals surface area contributed by atoms with E-state index in [0.29, 0.717) is 23.6 Å². The van der Waals surface area contributed by atoms with Crippen molar-refractivity contribution in [2.75, 3.05) is 31.2 Å². The van der Waals surface area contributed by atoms with E-state index in [9.17, 15) is 4.79 Å². The summed E-state index contributed by atoms with van der Waals surface area (Å²) in [5, 5.41) is 0. The summed E-state index contributed by atoms with van der Waals surface area (Å²) >= 11 is 1.93. The van der Waals surface area contributed by atoms with Crippen LogP contribution in [0.3, 0.4) is 0 Å². The predicted molar refractivity (Wildman–Crippen MR) is 89.1 cm³/mol. The second-order valence-electron chi connectivity index (χ2n) is 5.84. The highest BCUT2D eigenvalue weighted by Crippen LogP contribution is 2.31. The molecule has 1 amide bonds. The van der Waals surface area contributed by atoms with Crippen LogP contribution in [0.4, 0.5) is 5.69 Å². The third kappa shape index (κ3) is 4.06. The number of hydrogen-bond acceptors (Lipinski definition) is 4. The number of hydrogen-bond donors (Lipinski definition) is 1. The molecule has 1 aromatic rings. The van der Waals surface area contributed by atoms with Crippen molar-refractivity contribution in [3.63, 3.8) is 0 Å². The molecule has 0 atom stereocenters. The minimum atomic E-state index is 0.0584. The normalized spacial score (nSPS) is 18.1. The number of carbonyl (C=O) groups is 1. The minimum absolute atomic E-state index is 0.0584. The van der Waals surface area contributed by atoms with Gasteiger partial charge in [-0.2, -0.15) is 11.8 Å². The summed E-state index contributed by atoms with van der Waals surface area (Å²) in [5.74, 6) is 1.68. The van der Waals surface area contributed by atoms with Crippen LogP contribution >= 0.6 is 11.8 Å². The van der Waals surface area contributed by atoms with Gasteiger partial charge in [-0.05, 0) is 31.5 Å². The number of nitrogens with two attached hydrogens (primary N) is 1. The summed E-state index contributed by atoms with van der Waals surface area (Å²) in [4.78, 5) is 14.5. The van der Waals surface area contributed by atoms with Crippen LogP contribution < -0.4 is 10.5 Å². The third-order valence-electron chi connectivity index (χ3n) is 3.68. The van der Waals surface area contributed by atoms with Gasteiger partial charge >= 0.3 is 0 Å². The summed E-state index contributed by atoms with van der Waals surface area (Å²) in [6.45, 7) is 8.54. The van der Waals surface area contributed by atoms with Crippen molar-refractivity contribution in [2.24, 2.45) is 0 Å². The maximum Gasteiger partial charge on any atom is 0.253 e. The molecule has 2 rings (SSSR count). The first-order chi connectivity index (χ1) is 9.93. The minimum Gasteiger partial charge on any atom is -0.492 e. The molecule has 2 N–H and O–H groups in total. The number of benzene rings is 1. The smallest absolute Gasteiger partial charge is 0.253 e. The van der Waals surface area contributed by atoms with Crippen LogP contribution in [0.2, 0.25) is 0 Å². The largest absolute Gasteiger partial charge is 0.492 e. The molecule has 116 valence electrons. The van der Waals surface area contributed by atoms with Gasteiger partial charge in [0.1, 0.15) is 5.75 Å². The standard InChI is InChI=1S/C16H24N2O2S/c1-4-20-14-6-5-12(11-13(14)17)15(19)18-8-7-16(2,3)21-10-9-18/h5-6,11H,4,7-10,17H2,1-3H3. The Balaban J connectivity index is 2.11. The van der Waals surface area contributed by atoms with Crippen molar-refractivity contribution in [3.05, 3.63) is 23.8 Å². The first-order valence-corrected chi connectivity index (χ1v) is 8.37. The predicted octanol–water partition coefficient (Wildman–Crippen LogP) is 3.03. The SMILES string of the molecule is CCOc1ccc(C(=O)N2CCSC(C)(C)CC2)cc1N. The number of ether oxygens (including phenoxy) is 1. The molecule has 1 saturated heterocycles. The highest BCUT2D eigenvalue weighted by molar-refractivity contribution is 8.00. The van der Waals surface area contributed by atoms with Crippen LogP contribution in [0.1, 0.15) is 37.6 Å². The fourth-order valence-corrected chi connectivity index (χ4v) is 3.47. The lowest BCUT2D eigenvalue weighted by molar-refractivity contribution is 0.0764. The Labute approximate surface area is 131 Å². The molecular formula is C16H24N2O2S. The fourth-order valence-electron chi connectivity index (χ4n) is 2.37. The van der Waals surface area contributed by atoms with Gasteiger partial charge in [-0.15, -0.1) is 0 Å². The van der Waals surface area contributed by atoms with Gasteiger partial charge < -0.3 is 15.4 Å². The first-order valence-electron chi connectivity index (χ1n) is 7.38. The molecule has 0 unspecified atom stereocenters. The van der Waals surface area contributed by atoms with Crippen LogP contribution in [0.5, 0.6) is 5.75 Å². The molecule has 0 aromatic heterocycles. The van der Waals surface area contributed by atoms with Gasteiger partial charge in [0.15, 0.2) is 0 Å². The molecular weight excluding hydrogens is 284 g/mol. The number of nitrogen functional groups attached to an aromatic ring is 1. The maximum absolute atomic E-state index is 12.6. The van der Waals surface area contributed by atoms with E-state index in [2.05, 4.69) is 13.8 Å². The summed E-state index contributed by atoms with van der Waals surface area (Å²) in [5.41, 5.74) is 7.11. The molecule has 1 aliphatic heterocycles. The summed E-state index contributed by atoms with van der Waals surface area (Å²) in [6.07, 6.45) is 1.01. The molecule has 0 radical (unpaired) electrons. The van der Waals surface area contributed by atoms with Gasteiger partial charge in [-0.1, -0.05) is 13.8 Å². The average molecular weight is 308 g/mol. The van der Waals surface area contributed by atoms with Gasteiger partial charge in [0.05, 0.1) is 12.3 Å². The number of anilines is 1. The Morgan fingerprint density at radius 2 is 2.19 bits per heavy atom. The van der Waals surface area contributed by atoms with Crippen molar-refractivity contribution in [2.45, 2.75) is 31.9 Å². The number of amides is 1. The van der Waals surface area contributed by atoms with E-state index < -0.39 is 0 Å². The molecule has 0 spiro atoms. The van der Waals surface area contributed by atoms with Gasteiger partial charge in [0, 0.05) is 29.2 Å². The zero-order valence-electron chi connectivity index (χ0n) is 13.0. The van der Waals surface area contributed by atoms with Crippen LogP contribution in [0.15, 0.2) is 18.2 Å². The lowest BCUT2D eigenvalue weighted by Crippen LogP contribution is -2.33. The Hall–Kier alpha value is -1.36. The van der Waals surface area contributed by atoms with Crippen LogP contribution in [0.25, 0.3) is 0 Å². The van der Waals surface area contributed by atoms with Crippen LogP contribution in [-0.2, 0) is 0 Å². The lowest BCUT2D eigenvalue weighted by Gasteiger charge is -2.23. The topological polar surface area (TPSA) is 55.6 Å². The first kappa shape index (κ1) is 16.0. The zero-order valence-corrected chi connectivity index (χ0v) is 13.8. The van der Waals surface area contributed by atoms with E-state index in [4.69, 9.17) is 10.5 Å². The second-order valence-corrected chi connectivity index (χ2v) is 7.64. The molecule has 1 aromatic carbocycles. The Kier molecular flexibility index (Phi) is 5.04. The summed E-state index contributed by atoms with van der Waals surface area (Å²) < 4.78 is 5.65. The fraction of sp³-hybridized carbons (Fsp3) is 0.562. The molecule has 0 aliphatic carbocycles. The molecule has 21 heavy (non-hydrogen) atoms. The van der Waals surface area contributed by atoms with Crippen molar-refractivity contribution >= 4 is 23.4 Å². The molecule has 0 saturated carbocycles. The molecule has 1 aliphatic rings. The van der Waals surface area contributed by atoms with Gasteiger partial charge in [0.25, 0.3) is 5.91 Å². The van der Waals surface area contributed by atoms with Crippen LogP contribution in [-0.4, -0.2) is 41.0 Å². The van der Waals surface area contributed by atoms with E-state index in [1.165, 1.54) is 0 Å². The van der Waals surface area contributed by atoms with Crippen molar-refractivity contribution in [1.29, 1.82) is 0 Å². The van der Waals surface area contributed by atoms with Crippen LogP contribution in [0, 0.1) is 0 Å². The van der Waals surface area contributed by atoms with Crippen molar-refractivity contribution in [3.8, 4) is 5.75 Å². The van der Waals surface area contributed by atoms with E-state index in [-0.39, 0.29) is 10.7 Å². The Bertz CT molecular complexity index is 517. The number of nitrogens with zero attached hydrogens (tertiary/aromatic N) is 1. The quantitative estimate of drug-likeness (QED) is 0.872. The van der Waals surface area contributed by atoms with E-state index >= 15 is 0 Å². The molecule has 1 heterocycles. The van der Waals surface area contributed by atoms with E-state index in [0.717, 1.165) is 25.3 Å². The van der Waals surface area contributed by atoms with E-state index in [1.54, 1.807) is 18.2 Å². The number of rotatable bonds is 3. The maximum atomic E-state index is 12.6. The van der Waals surface area contributed by atoms with Crippen molar-refractivity contribution in [1.82, 2.24) is 4.90 Å². The number of carbonyl (C=O) groups excluding carboxylic acids is 1. The highest BCUT2D eigenvalue weighted by Gasteiger charge is 2.26. The molecule has 4 nitrogen and oxygen atoms in total. The summed E-state index contributed by atoms with van der Waals surface area (Å²) in [7, 11) is 0.